The van der Waals surface area contributed by atoms with Gasteiger partial charge in [0, 0.05) is 11.6 Å². The van der Waals surface area contributed by atoms with Crippen molar-refractivity contribution in [3.05, 3.63) is 88.2 Å². The first-order valence-corrected chi connectivity index (χ1v) is 9.57. The largest absolute Gasteiger partial charge is 0.429 e. The monoisotopic (exact) mass is 478 g/mol. The summed E-state index contributed by atoms with van der Waals surface area (Å²) in [5.41, 5.74) is -3.95. The molecule has 0 bridgehead atoms. The Morgan fingerprint density at radius 2 is 1.45 bits per heavy atom. The molecule has 0 saturated carbocycles. The van der Waals surface area contributed by atoms with Gasteiger partial charge in [-0.3, -0.25) is 0 Å². The van der Waals surface area contributed by atoms with Gasteiger partial charge in [0.2, 0.25) is 0 Å². The number of hydrogen-bond acceptors (Lipinski definition) is 1. The normalized spacial score (nSPS) is 11.8. The molecule has 0 aromatic heterocycles. The summed E-state index contributed by atoms with van der Waals surface area (Å²) in [5.74, 6) is -8.57. The number of alkyl halides is 4. The zero-order chi connectivity index (χ0) is 24.5. The molecular weight excluding hydrogens is 463 g/mol. The molecule has 176 valence electrons. The van der Waals surface area contributed by atoms with Gasteiger partial charge in [0.25, 0.3) is 6.43 Å². The van der Waals surface area contributed by atoms with Crippen LogP contribution in [-0.2, 0) is 12.5 Å². The number of ether oxygens (including phenoxy) is 1. The molecule has 0 atom stereocenters. The molecule has 0 heterocycles. The first-order chi connectivity index (χ1) is 15.5. The third-order valence-electron chi connectivity index (χ3n) is 4.79. The zero-order valence-corrected chi connectivity index (χ0v) is 16.8. The maximum Gasteiger partial charge on any atom is 0.429 e. The molecule has 0 fully saturated rings. The fraction of sp³-hybridized carbons (Fsp3) is 0.217. The van der Waals surface area contributed by atoms with E-state index in [1.165, 1.54) is 0 Å². The summed E-state index contributed by atoms with van der Waals surface area (Å²) in [6, 6.07) is 4.62. The van der Waals surface area contributed by atoms with E-state index in [1.54, 1.807) is 6.92 Å². The number of benzene rings is 3. The van der Waals surface area contributed by atoms with Crippen LogP contribution < -0.4 is 4.74 Å². The predicted octanol–water partition coefficient (Wildman–Crippen LogP) is 8.07. The zero-order valence-electron chi connectivity index (χ0n) is 16.8. The average Bonchev–Trinajstić information content (AvgIpc) is 2.70. The van der Waals surface area contributed by atoms with Gasteiger partial charge >= 0.3 is 6.11 Å². The molecule has 0 unspecified atom stereocenters. The van der Waals surface area contributed by atoms with E-state index in [-0.39, 0.29) is 12.0 Å². The van der Waals surface area contributed by atoms with Gasteiger partial charge in [0.15, 0.2) is 11.6 Å². The van der Waals surface area contributed by atoms with E-state index in [0.29, 0.717) is 30.7 Å². The maximum absolute atomic E-state index is 14.5. The fourth-order valence-corrected chi connectivity index (χ4v) is 3.22. The summed E-state index contributed by atoms with van der Waals surface area (Å²) >= 11 is 0. The van der Waals surface area contributed by atoms with Gasteiger partial charge in [0.05, 0.1) is 5.56 Å². The van der Waals surface area contributed by atoms with Crippen LogP contribution in [0.15, 0.2) is 42.5 Å². The third kappa shape index (κ3) is 4.94. The summed E-state index contributed by atoms with van der Waals surface area (Å²) in [7, 11) is 0. The Bertz CT molecular complexity index is 1150. The van der Waals surface area contributed by atoms with E-state index in [9.17, 15) is 39.5 Å². The SMILES string of the molecule is CCCc1ccc(C(F)(F)Oc2ccc(-c3cc(F)c(C(F)F)c(F)c3)c(F)c2)c(F)c1F. The van der Waals surface area contributed by atoms with E-state index < -0.39 is 69.6 Å². The molecule has 0 aliphatic rings. The first kappa shape index (κ1) is 24.5. The molecule has 0 aliphatic heterocycles. The summed E-state index contributed by atoms with van der Waals surface area (Å²) in [6.07, 6.45) is -7.25. The molecule has 0 aliphatic carbocycles. The molecule has 3 aromatic carbocycles. The van der Waals surface area contributed by atoms with Gasteiger partial charge in [-0.05, 0) is 47.9 Å². The van der Waals surface area contributed by atoms with Crippen molar-refractivity contribution < 1.29 is 44.3 Å². The number of hydrogen-bond donors (Lipinski definition) is 0. The lowest BCUT2D eigenvalue weighted by atomic mass is 10.0. The van der Waals surface area contributed by atoms with Crippen LogP contribution in [-0.4, -0.2) is 0 Å². The number of aryl methyl sites for hydroxylation is 1. The summed E-state index contributed by atoms with van der Waals surface area (Å²) < 4.78 is 129. The molecule has 0 N–H and O–H groups in total. The van der Waals surface area contributed by atoms with Crippen molar-refractivity contribution in [3.8, 4) is 16.9 Å². The highest BCUT2D eigenvalue weighted by Gasteiger charge is 2.39. The van der Waals surface area contributed by atoms with Crippen molar-refractivity contribution in [3.63, 3.8) is 0 Å². The van der Waals surface area contributed by atoms with Gasteiger partial charge < -0.3 is 4.74 Å². The van der Waals surface area contributed by atoms with E-state index in [0.717, 1.165) is 18.2 Å². The van der Waals surface area contributed by atoms with Crippen molar-refractivity contribution in [2.24, 2.45) is 0 Å². The number of rotatable bonds is 7. The van der Waals surface area contributed by atoms with Gasteiger partial charge in [-0.25, -0.2) is 30.7 Å². The van der Waals surface area contributed by atoms with Crippen LogP contribution in [0.2, 0.25) is 0 Å². The highest BCUT2D eigenvalue weighted by Crippen LogP contribution is 2.37. The lowest BCUT2D eigenvalue weighted by molar-refractivity contribution is -0.187. The molecule has 0 spiro atoms. The molecule has 0 saturated heterocycles. The summed E-state index contributed by atoms with van der Waals surface area (Å²) in [6.45, 7) is 1.69. The minimum atomic E-state index is -4.39. The molecule has 10 heteroatoms. The van der Waals surface area contributed by atoms with Crippen LogP contribution in [0.5, 0.6) is 5.75 Å². The van der Waals surface area contributed by atoms with Crippen LogP contribution in [0.1, 0.15) is 36.5 Å². The quantitative estimate of drug-likeness (QED) is 0.312. The van der Waals surface area contributed by atoms with Gasteiger partial charge in [0.1, 0.15) is 28.8 Å². The third-order valence-corrected chi connectivity index (χ3v) is 4.79. The van der Waals surface area contributed by atoms with Crippen LogP contribution in [0, 0.1) is 29.1 Å². The van der Waals surface area contributed by atoms with E-state index in [2.05, 4.69) is 4.74 Å². The van der Waals surface area contributed by atoms with Crippen LogP contribution in [0.3, 0.4) is 0 Å². The van der Waals surface area contributed by atoms with Crippen LogP contribution >= 0.6 is 0 Å². The van der Waals surface area contributed by atoms with Crippen molar-refractivity contribution in [2.45, 2.75) is 32.3 Å². The summed E-state index contributed by atoms with van der Waals surface area (Å²) in [4.78, 5) is 0. The fourth-order valence-electron chi connectivity index (χ4n) is 3.22. The minimum Gasteiger partial charge on any atom is -0.429 e. The van der Waals surface area contributed by atoms with E-state index in [1.807, 2.05) is 0 Å². The first-order valence-electron chi connectivity index (χ1n) is 9.57. The van der Waals surface area contributed by atoms with Crippen molar-refractivity contribution >= 4 is 0 Å². The van der Waals surface area contributed by atoms with E-state index in [4.69, 9.17) is 0 Å². The Balaban J connectivity index is 1.91. The van der Waals surface area contributed by atoms with Crippen molar-refractivity contribution in [1.82, 2.24) is 0 Å². The second-order valence-electron chi connectivity index (χ2n) is 7.06. The smallest absolute Gasteiger partial charge is 0.429 e. The van der Waals surface area contributed by atoms with E-state index >= 15 is 0 Å². The highest BCUT2D eigenvalue weighted by atomic mass is 19.3. The Kier molecular flexibility index (Phi) is 6.94. The predicted molar refractivity (Wildman–Crippen MR) is 102 cm³/mol. The van der Waals surface area contributed by atoms with Crippen LogP contribution in [0.25, 0.3) is 11.1 Å². The van der Waals surface area contributed by atoms with Crippen LogP contribution in [0.4, 0.5) is 39.5 Å². The Hall–Kier alpha value is -3.17. The van der Waals surface area contributed by atoms with Crippen molar-refractivity contribution in [2.75, 3.05) is 0 Å². The Morgan fingerprint density at radius 3 is 2.00 bits per heavy atom. The van der Waals surface area contributed by atoms with Gasteiger partial charge in [-0.2, -0.15) is 8.78 Å². The van der Waals surface area contributed by atoms with Gasteiger partial charge in [-0.1, -0.05) is 19.4 Å². The molecule has 3 rings (SSSR count). The lowest BCUT2D eigenvalue weighted by Crippen LogP contribution is -2.24. The molecular formula is C23H15F9O. The Labute approximate surface area is 182 Å². The highest BCUT2D eigenvalue weighted by molar-refractivity contribution is 5.65. The van der Waals surface area contributed by atoms with Gasteiger partial charge in [-0.15, -0.1) is 0 Å². The maximum atomic E-state index is 14.5. The molecule has 33 heavy (non-hydrogen) atoms. The second-order valence-corrected chi connectivity index (χ2v) is 7.06. The molecule has 0 amide bonds. The second kappa shape index (κ2) is 9.36. The topological polar surface area (TPSA) is 9.23 Å². The molecule has 3 aromatic rings. The summed E-state index contributed by atoms with van der Waals surface area (Å²) in [5, 5.41) is 0. The van der Waals surface area contributed by atoms with Crippen molar-refractivity contribution in [1.29, 1.82) is 0 Å². The number of halogens is 9. The molecule has 1 nitrogen and oxygen atoms in total. The standard InChI is InChI=1S/C23H15F9O/c1-2-3-11-4-7-15(21(28)20(11)27)23(31,32)33-13-5-6-14(16(24)10-13)12-8-17(25)19(22(29)30)18(26)9-12/h4-10,22H,2-3H2,1H3. The Morgan fingerprint density at radius 1 is 0.818 bits per heavy atom. The lowest BCUT2D eigenvalue weighted by Gasteiger charge is -2.20. The molecule has 0 radical (unpaired) electrons. The minimum absolute atomic E-state index is 0.0951. The average molecular weight is 478 g/mol.